The van der Waals surface area contributed by atoms with E-state index in [2.05, 4.69) is 5.32 Å². The van der Waals surface area contributed by atoms with Gasteiger partial charge in [-0.05, 0) is 36.4 Å². The predicted octanol–water partition coefficient (Wildman–Crippen LogP) is 2.35. The number of carbonyl (C=O) groups excluding carboxylic acids is 2. The summed E-state index contributed by atoms with van der Waals surface area (Å²) in [6.07, 6.45) is 0.546. The summed E-state index contributed by atoms with van der Waals surface area (Å²) in [5.41, 5.74) is 0.616. The fraction of sp³-hybridized carbons (Fsp3) is 0.0769. The van der Waals surface area contributed by atoms with Crippen LogP contribution < -0.4 is 10.1 Å². The minimum atomic E-state index is -0.409. The molecule has 1 amide bonds. The first-order chi connectivity index (χ1) is 8.72. The van der Waals surface area contributed by atoms with Gasteiger partial charge in [0.1, 0.15) is 5.75 Å². The second-order valence-electron chi connectivity index (χ2n) is 3.50. The van der Waals surface area contributed by atoms with Gasteiger partial charge in [-0.25, -0.2) is 0 Å². The van der Waals surface area contributed by atoms with Gasteiger partial charge in [0.05, 0.1) is 7.11 Å². The maximum Gasteiger partial charge on any atom is 0.291 e. The van der Waals surface area contributed by atoms with Gasteiger partial charge in [0.2, 0.25) is 0 Å². The van der Waals surface area contributed by atoms with Crippen LogP contribution in [0, 0.1) is 0 Å². The van der Waals surface area contributed by atoms with E-state index >= 15 is 0 Å². The van der Waals surface area contributed by atoms with E-state index in [4.69, 9.17) is 9.15 Å². The molecule has 0 aliphatic heterocycles. The SMILES string of the molecule is COc1ccc(NC(=O)c2ccc(C=O)o2)cc1. The van der Waals surface area contributed by atoms with Gasteiger partial charge in [-0.3, -0.25) is 9.59 Å². The van der Waals surface area contributed by atoms with E-state index in [9.17, 15) is 9.59 Å². The molecule has 0 aliphatic carbocycles. The van der Waals surface area contributed by atoms with Crippen LogP contribution in [-0.4, -0.2) is 19.3 Å². The molecular formula is C13H11NO4. The molecule has 0 saturated carbocycles. The fourth-order valence-corrected chi connectivity index (χ4v) is 1.41. The number of methoxy groups -OCH3 is 1. The first-order valence-electron chi connectivity index (χ1n) is 5.23. The van der Waals surface area contributed by atoms with Crippen molar-refractivity contribution < 1.29 is 18.7 Å². The largest absolute Gasteiger partial charge is 0.497 e. The molecule has 5 heteroatoms. The molecule has 0 bridgehead atoms. The van der Waals surface area contributed by atoms with Crippen LogP contribution in [0.2, 0.25) is 0 Å². The van der Waals surface area contributed by atoms with Gasteiger partial charge in [0.15, 0.2) is 17.8 Å². The Hall–Kier alpha value is -2.56. The molecule has 1 aromatic carbocycles. The number of anilines is 1. The standard InChI is InChI=1S/C13H11NO4/c1-17-10-4-2-9(3-5-10)14-13(16)12-7-6-11(8-15)18-12/h2-8H,1H3,(H,14,16). The van der Waals surface area contributed by atoms with Crippen LogP contribution >= 0.6 is 0 Å². The van der Waals surface area contributed by atoms with Crippen molar-refractivity contribution in [3.63, 3.8) is 0 Å². The van der Waals surface area contributed by atoms with E-state index in [-0.39, 0.29) is 11.5 Å². The molecule has 1 N–H and O–H groups in total. The van der Waals surface area contributed by atoms with Crippen LogP contribution in [0.25, 0.3) is 0 Å². The summed E-state index contributed by atoms with van der Waals surface area (Å²) in [5, 5.41) is 2.64. The van der Waals surface area contributed by atoms with Crippen molar-refractivity contribution in [1.29, 1.82) is 0 Å². The van der Waals surface area contributed by atoms with Crippen molar-refractivity contribution in [1.82, 2.24) is 0 Å². The third kappa shape index (κ3) is 2.57. The van der Waals surface area contributed by atoms with Gasteiger partial charge >= 0.3 is 0 Å². The Kier molecular flexibility index (Phi) is 3.43. The molecule has 0 saturated heterocycles. The van der Waals surface area contributed by atoms with E-state index in [1.165, 1.54) is 12.1 Å². The van der Waals surface area contributed by atoms with Gasteiger partial charge in [-0.1, -0.05) is 0 Å². The van der Waals surface area contributed by atoms with Crippen LogP contribution in [0.4, 0.5) is 5.69 Å². The van der Waals surface area contributed by atoms with Crippen LogP contribution in [-0.2, 0) is 0 Å². The summed E-state index contributed by atoms with van der Waals surface area (Å²) in [6.45, 7) is 0. The lowest BCUT2D eigenvalue weighted by atomic mass is 10.3. The number of hydrogen-bond acceptors (Lipinski definition) is 4. The average molecular weight is 245 g/mol. The Bertz CT molecular complexity index is 557. The number of hydrogen-bond donors (Lipinski definition) is 1. The average Bonchev–Trinajstić information content (AvgIpc) is 2.88. The van der Waals surface area contributed by atoms with Crippen LogP contribution in [0.5, 0.6) is 5.75 Å². The zero-order valence-corrected chi connectivity index (χ0v) is 9.67. The number of rotatable bonds is 4. The third-order valence-corrected chi connectivity index (χ3v) is 2.31. The van der Waals surface area contributed by atoms with Gasteiger partial charge in [-0.15, -0.1) is 0 Å². The predicted molar refractivity (Wildman–Crippen MR) is 65.0 cm³/mol. The molecule has 0 radical (unpaired) electrons. The highest BCUT2D eigenvalue weighted by molar-refractivity contribution is 6.02. The third-order valence-electron chi connectivity index (χ3n) is 2.31. The molecule has 2 rings (SSSR count). The first-order valence-corrected chi connectivity index (χ1v) is 5.23. The maximum atomic E-state index is 11.7. The number of amides is 1. The van der Waals surface area contributed by atoms with Crippen molar-refractivity contribution in [2.24, 2.45) is 0 Å². The van der Waals surface area contributed by atoms with Gasteiger partial charge in [-0.2, -0.15) is 0 Å². The Morgan fingerprint density at radius 3 is 2.50 bits per heavy atom. The summed E-state index contributed by atoms with van der Waals surface area (Å²) in [7, 11) is 1.57. The van der Waals surface area contributed by atoms with Crippen molar-refractivity contribution in [3.05, 3.63) is 47.9 Å². The number of nitrogens with one attached hydrogen (secondary N) is 1. The Morgan fingerprint density at radius 2 is 1.94 bits per heavy atom. The quantitative estimate of drug-likeness (QED) is 0.839. The lowest BCUT2D eigenvalue weighted by Gasteiger charge is -2.04. The molecule has 92 valence electrons. The molecule has 0 spiro atoms. The molecule has 0 atom stereocenters. The molecule has 1 aromatic heterocycles. The monoisotopic (exact) mass is 245 g/mol. The molecule has 0 fully saturated rings. The topological polar surface area (TPSA) is 68.5 Å². The number of benzene rings is 1. The molecule has 1 heterocycles. The summed E-state index contributed by atoms with van der Waals surface area (Å²) in [6, 6.07) is 9.77. The Balaban J connectivity index is 2.08. The molecule has 2 aromatic rings. The fourth-order valence-electron chi connectivity index (χ4n) is 1.41. The zero-order valence-electron chi connectivity index (χ0n) is 9.67. The lowest BCUT2D eigenvalue weighted by Crippen LogP contribution is -2.10. The zero-order chi connectivity index (χ0) is 13.0. The molecule has 0 unspecified atom stereocenters. The van der Waals surface area contributed by atoms with Gasteiger partial charge < -0.3 is 14.5 Å². The lowest BCUT2D eigenvalue weighted by molar-refractivity contribution is 0.0992. The summed E-state index contributed by atoms with van der Waals surface area (Å²) >= 11 is 0. The smallest absolute Gasteiger partial charge is 0.291 e. The van der Waals surface area contributed by atoms with Crippen molar-refractivity contribution in [2.45, 2.75) is 0 Å². The molecular weight excluding hydrogens is 234 g/mol. The highest BCUT2D eigenvalue weighted by Crippen LogP contribution is 2.16. The number of furan rings is 1. The minimum absolute atomic E-state index is 0.0907. The summed E-state index contributed by atoms with van der Waals surface area (Å²) in [5.74, 6) is 0.505. The summed E-state index contributed by atoms with van der Waals surface area (Å²) < 4.78 is 10.0. The van der Waals surface area contributed by atoms with Crippen molar-refractivity contribution in [2.75, 3.05) is 12.4 Å². The van der Waals surface area contributed by atoms with E-state index in [0.29, 0.717) is 17.7 Å². The van der Waals surface area contributed by atoms with Crippen molar-refractivity contribution >= 4 is 17.9 Å². The second-order valence-corrected chi connectivity index (χ2v) is 3.50. The first kappa shape index (κ1) is 11.9. The Morgan fingerprint density at radius 1 is 1.22 bits per heavy atom. The Labute approximate surface area is 103 Å². The molecule has 5 nitrogen and oxygen atoms in total. The number of ether oxygens (including phenoxy) is 1. The van der Waals surface area contributed by atoms with E-state index in [0.717, 1.165) is 0 Å². The highest BCUT2D eigenvalue weighted by atomic mass is 16.5. The second kappa shape index (κ2) is 5.18. The van der Waals surface area contributed by atoms with Crippen LogP contribution in [0.1, 0.15) is 21.1 Å². The normalized spacial score (nSPS) is 9.83. The van der Waals surface area contributed by atoms with Gasteiger partial charge in [0, 0.05) is 5.69 Å². The number of carbonyl (C=O) groups is 2. The highest BCUT2D eigenvalue weighted by Gasteiger charge is 2.11. The van der Waals surface area contributed by atoms with E-state index in [1.807, 2.05) is 0 Å². The van der Waals surface area contributed by atoms with E-state index in [1.54, 1.807) is 31.4 Å². The van der Waals surface area contributed by atoms with Gasteiger partial charge in [0.25, 0.3) is 5.91 Å². The molecule has 18 heavy (non-hydrogen) atoms. The number of aldehydes is 1. The maximum absolute atomic E-state index is 11.7. The van der Waals surface area contributed by atoms with Crippen molar-refractivity contribution in [3.8, 4) is 5.75 Å². The van der Waals surface area contributed by atoms with Crippen LogP contribution in [0.3, 0.4) is 0 Å². The minimum Gasteiger partial charge on any atom is -0.497 e. The molecule has 0 aliphatic rings. The van der Waals surface area contributed by atoms with E-state index < -0.39 is 5.91 Å². The van der Waals surface area contributed by atoms with Crippen LogP contribution in [0.15, 0.2) is 40.8 Å². The summed E-state index contributed by atoms with van der Waals surface area (Å²) in [4.78, 5) is 22.2.